The van der Waals surface area contributed by atoms with Crippen LogP contribution in [0, 0.1) is 0 Å². The average Bonchev–Trinajstić information content (AvgIpc) is 3.17. The maximum Gasteiger partial charge on any atom is 0.261 e. The Bertz CT molecular complexity index is 747. The van der Waals surface area contributed by atoms with Crippen molar-refractivity contribution in [3.63, 3.8) is 0 Å². The minimum Gasteiger partial charge on any atom is -0.482 e. The molecule has 3 rings (SSSR count). The number of carbonyl (C=O) groups is 1. The lowest BCUT2D eigenvalue weighted by atomic mass is 10.1. The van der Waals surface area contributed by atoms with Crippen molar-refractivity contribution in [2.24, 2.45) is 0 Å². The van der Waals surface area contributed by atoms with Gasteiger partial charge in [0.15, 0.2) is 16.4 Å². The highest BCUT2D eigenvalue weighted by Crippen LogP contribution is 2.30. The first-order valence-corrected chi connectivity index (χ1v) is 11.0. The van der Waals surface area contributed by atoms with Gasteiger partial charge < -0.3 is 9.64 Å². The zero-order valence-electron chi connectivity index (χ0n) is 13.8. The van der Waals surface area contributed by atoms with Gasteiger partial charge in [0.1, 0.15) is 5.75 Å². The van der Waals surface area contributed by atoms with Crippen LogP contribution in [0.2, 0.25) is 10.0 Å². The van der Waals surface area contributed by atoms with E-state index in [4.69, 9.17) is 27.9 Å². The Morgan fingerprint density at radius 3 is 2.48 bits per heavy atom. The van der Waals surface area contributed by atoms with Gasteiger partial charge in [-0.15, -0.1) is 0 Å². The van der Waals surface area contributed by atoms with E-state index >= 15 is 0 Å². The number of amides is 1. The number of hydrogen-bond acceptors (Lipinski definition) is 4. The number of sulfone groups is 1. The largest absolute Gasteiger partial charge is 0.482 e. The van der Waals surface area contributed by atoms with E-state index < -0.39 is 9.84 Å². The van der Waals surface area contributed by atoms with Gasteiger partial charge in [-0.2, -0.15) is 0 Å². The molecular weight excluding hydrogens is 385 g/mol. The second kappa shape index (κ2) is 7.72. The summed E-state index contributed by atoms with van der Waals surface area (Å²) >= 11 is 11.9. The van der Waals surface area contributed by atoms with Crippen molar-refractivity contribution in [1.82, 2.24) is 4.90 Å². The van der Waals surface area contributed by atoms with E-state index in [0.717, 1.165) is 25.7 Å². The fourth-order valence-electron chi connectivity index (χ4n) is 3.69. The molecule has 2 fully saturated rings. The van der Waals surface area contributed by atoms with Gasteiger partial charge in [0.05, 0.1) is 16.5 Å². The maximum atomic E-state index is 12.8. The third-order valence-electron chi connectivity index (χ3n) is 4.85. The molecule has 0 spiro atoms. The molecule has 1 atom stereocenters. The van der Waals surface area contributed by atoms with Crippen LogP contribution in [0.1, 0.15) is 32.1 Å². The summed E-state index contributed by atoms with van der Waals surface area (Å²) in [6, 6.07) is 4.69. The smallest absolute Gasteiger partial charge is 0.261 e. The van der Waals surface area contributed by atoms with Crippen molar-refractivity contribution in [2.45, 2.75) is 44.2 Å². The number of halogens is 2. The first-order valence-electron chi connectivity index (χ1n) is 8.45. The van der Waals surface area contributed by atoms with Crippen LogP contribution in [0.25, 0.3) is 0 Å². The third-order valence-corrected chi connectivity index (χ3v) is 7.13. The molecule has 0 bridgehead atoms. The van der Waals surface area contributed by atoms with Crippen molar-refractivity contribution in [2.75, 3.05) is 18.1 Å². The molecule has 0 aromatic heterocycles. The van der Waals surface area contributed by atoms with Crippen LogP contribution >= 0.6 is 23.2 Å². The first kappa shape index (κ1) is 18.8. The summed E-state index contributed by atoms with van der Waals surface area (Å²) in [6.45, 7) is -0.158. The lowest BCUT2D eigenvalue weighted by Gasteiger charge is -2.34. The van der Waals surface area contributed by atoms with E-state index in [-0.39, 0.29) is 36.1 Å². The van der Waals surface area contributed by atoms with Crippen molar-refractivity contribution >= 4 is 38.9 Å². The highest BCUT2D eigenvalue weighted by molar-refractivity contribution is 7.91. The molecule has 1 aliphatic heterocycles. The summed E-state index contributed by atoms with van der Waals surface area (Å²) in [6.07, 6.45) is 4.48. The molecule has 0 radical (unpaired) electrons. The molecular formula is C17H21Cl2NO4S. The van der Waals surface area contributed by atoms with Crippen LogP contribution in [0.5, 0.6) is 5.75 Å². The lowest BCUT2D eigenvalue weighted by molar-refractivity contribution is -0.137. The number of rotatable bonds is 5. The van der Waals surface area contributed by atoms with E-state index in [9.17, 15) is 13.2 Å². The van der Waals surface area contributed by atoms with E-state index in [1.807, 2.05) is 0 Å². The van der Waals surface area contributed by atoms with Gasteiger partial charge in [0.2, 0.25) is 0 Å². The molecule has 0 N–H and O–H groups in total. The van der Waals surface area contributed by atoms with Gasteiger partial charge in [-0.1, -0.05) is 36.0 Å². The fourth-order valence-corrected chi connectivity index (χ4v) is 5.86. The Morgan fingerprint density at radius 1 is 1.16 bits per heavy atom. The predicted molar refractivity (Wildman–Crippen MR) is 98.1 cm³/mol. The van der Waals surface area contributed by atoms with Crippen molar-refractivity contribution in [3.8, 4) is 5.75 Å². The Morgan fingerprint density at radius 2 is 1.88 bits per heavy atom. The van der Waals surface area contributed by atoms with Gasteiger partial charge in [0, 0.05) is 17.1 Å². The number of benzene rings is 1. The fraction of sp³-hybridized carbons (Fsp3) is 0.588. The maximum absolute atomic E-state index is 12.8. The Kier molecular flexibility index (Phi) is 5.81. The number of carbonyl (C=O) groups excluding carboxylic acids is 1. The Balaban J connectivity index is 1.70. The first-order chi connectivity index (χ1) is 11.9. The SMILES string of the molecule is O=C(COc1ccc(Cl)cc1Cl)N(C1CCCC1)[C@H]1CCS(=O)(=O)C1. The van der Waals surface area contributed by atoms with Crippen LogP contribution in [-0.2, 0) is 14.6 Å². The summed E-state index contributed by atoms with van der Waals surface area (Å²) in [5.74, 6) is 0.416. The van der Waals surface area contributed by atoms with E-state index in [1.165, 1.54) is 0 Å². The summed E-state index contributed by atoms with van der Waals surface area (Å²) in [7, 11) is -3.05. The van der Waals surface area contributed by atoms with Gasteiger partial charge >= 0.3 is 0 Å². The summed E-state index contributed by atoms with van der Waals surface area (Å²) in [4.78, 5) is 14.6. The van der Waals surface area contributed by atoms with Crippen LogP contribution in [0.4, 0.5) is 0 Å². The van der Waals surface area contributed by atoms with Gasteiger partial charge in [-0.25, -0.2) is 8.42 Å². The normalized spacial score (nSPS) is 22.9. The molecule has 1 heterocycles. The lowest BCUT2D eigenvalue weighted by Crippen LogP contribution is -2.48. The molecule has 25 heavy (non-hydrogen) atoms. The zero-order chi connectivity index (χ0) is 18.0. The quantitative estimate of drug-likeness (QED) is 0.753. The minimum atomic E-state index is -3.05. The minimum absolute atomic E-state index is 0.0525. The molecule has 1 aliphatic carbocycles. The molecule has 2 aliphatic rings. The van der Waals surface area contributed by atoms with E-state index in [2.05, 4.69) is 0 Å². The monoisotopic (exact) mass is 405 g/mol. The Labute approximate surface area is 158 Å². The number of nitrogens with zero attached hydrogens (tertiary/aromatic N) is 1. The summed E-state index contributed by atoms with van der Waals surface area (Å²) < 4.78 is 29.3. The van der Waals surface area contributed by atoms with E-state index in [0.29, 0.717) is 22.2 Å². The van der Waals surface area contributed by atoms with Crippen molar-refractivity contribution < 1.29 is 17.9 Å². The highest BCUT2D eigenvalue weighted by Gasteiger charge is 2.39. The average molecular weight is 406 g/mol. The Hall–Kier alpha value is -0.980. The molecule has 1 saturated carbocycles. The topological polar surface area (TPSA) is 63.7 Å². The third kappa shape index (κ3) is 4.60. The predicted octanol–water partition coefficient (Wildman–Crippen LogP) is 3.33. The van der Waals surface area contributed by atoms with Crippen LogP contribution in [0.15, 0.2) is 18.2 Å². The van der Waals surface area contributed by atoms with Crippen molar-refractivity contribution in [3.05, 3.63) is 28.2 Å². The number of ether oxygens (including phenoxy) is 1. The molecule has 5 nitrogen and oxygen atoms in total. The molecule has 138 valence electrons. The van der Waals surface area contributed by atoms with Gasteiger partial charge in [-0.05, 0) is 37.5 Å². The molecule has 1 saturated heterocycles. The molecule has 1 aromatic rings. The molecule has 0 unspecified atom stereocenters. The summed E-state index contributed by atoms with van der Waals surface area (Å²) in [5.41, 5.74) is 0. The highest BCUT2D eigenvalue weighted by atomic mass is 35.5. The van der Waals surface area contributed by atoms with Gasteiger partial charge in [-0.3, -0.25) is 4.79 Å². The van der Waals surface area contributed by atoms with E-state index in [1.54, 1.807) is 23.1 Å². The van der Waals surface area contributed by atoms with Crippen LogP contribution in [0.3, 0.4) is 0 Å². The number of hydrogen-bond donors (Lipinski definition) is 0. The van der Waals surface area contributed by atoms with Crippen LogP contribution in [-0.4, -0.2) is 49.4 Å². The van der Waals surface area contributed by atoms with Gasteiger partial charge in [0.25, 0.3) is 5.91 Å². The molecule has 1 amide bonds. The second-order valence-corrected chi connectivity index (χ2v) is 9.73. The summed E-state index contributed by atoms with van der Waals surface area (Å²) in [5, 5.41) is 0.837. The second-order valence-electron chi connectivity index (χ2n) is 6.66. The van der Waals surface area contributed by atoms with Crippen molar-refractivity contribution in [1.29, 1.82) is 0 Å². The molecule has 8 heteroatoms. The standard InChI is InChI=1S/C17H21Cl2NO4S/c18-12-5-6-16(15(19)9-12)24-10-17(21)20(13-3-1-2-4-13)14-7-8-25(22,23)11-14/h5-6,9,13-14H,1-4,7-8,10-11H2/t14-/m0/s1. The van der Waals surface area contributed by atoms with Crippen LogP contribution < -0.4 is 4.74 Å². The molecule has 1 aromatic carbocycles. The zero-order valence-corrected chi connectivity index (χ0v) is 16.1.